The molecule has 2 aromatic rings. The van der Waals surface area contributed by atoms with Crippen LogP contribution in [0.15, 0.2) is 28.0 Å². The summed E-state index contributed by atoms with van der Waals surface area (Å²) in [7, 11) is 0. The van der Waals surface area contributed by atoms with E-state index >= 15 is 0 Å². The molecule has 0 spiro atoms. The van der Waals surface area contributed by atoms with Crippen LogP contribution in [-0.4, -0.2) is 33.9 Å². The highest BCUT2D eigenvalue weighted by molar-refractivity contribution is 8.00. The third kappa shape index (κ3) is 5.02. The average molecular weight is 468 g/mol. The summed E-state index contributed by atoms with van der Waals surface area (Å²) in [6.07, 6.45) is 5.97. The van der Waals surface area contributed by atoms with Crippen LogP contribution < -0.4 is 11.0 Å². The second-order valence-corrected chi connectivity index (χ2v) is 9.32. The van der Waals surface area contributed by atoms with Crippen molar-refractivity contribution in [3.8, 4) is 0 Å². The van der Waals surface area contributed by atoms with Gasteiger partial charge in [0.05, 0.1) is 28.4 Å². The summed E-state index contributed by atoms with van der Waals surface area (Å²) >= 11 is 13.2. The Bertz CT molecular complexity index is 1010. The standard InChI is InChI=1S/C21H23Cl2N3O3S/c22-16-8-7-13(10-17(16)23)24-19(27)12-30-20-15-5-1-2-6-18(15)26(21(28)25-20)11-14-4-3-9-29-14/h7-8,10,14H,1-6,9,11-12H2,(H,24,27). The summed E-state index contributed by atoms with van der Waals surface area (Å²) in [6.45, 7) is 1.33. The number of benzene rings is 1. The number of carbonyl (C=O) groups excluding carboxylic acids is 1. The SMILES string of the molecule is O=C(CSc1nc(=O)n(CC2CCCO2)c2c1CCCC2)Nc1ccc(Cl)c(Cl)c1. The van der Waals surface area contributed by atoms with Gasteiger partial charge in [-0.1, -0.05) is 35.0 Å². The molecular formula is C21H23Cl2N3O3S. The molecule has 2 heterocycles. The van der Waals surface area contributed by atoms with Crippen molar-refractivity contribution in [2.24, 2.45) is 0 Å². The minimum absolute atomic E-state index is 0.0889. The molecule has 9 heteroatoms. The van der Waals surface area contributed by atoms with Crippen LogP contribution in [0, 0.1) is 0 Å². The summed E-state index contributed by atoms with van der Waals surface area (Å²) in [6, 6.07) is 4.94. The topological polar surface area (TPSA) is 73.2 Å². The molecule has 1 aromatic carbocycles. The van der Waals surface area contributed by atoms with Gasteiger partial charge in [-0.25, -0.2) is 4.79 Å². The Kier molecular flexibility index (Phi) is 7.03. The highest BCUT2D eigenvalue weighted by Crippen LogP contribution is 2.30. The van der Waals surface area contributed by atoms with Gasteiger partial charge in [-0.2, -0.15) is 4.98 Å². The average Bonchev–Trinajstić information content (AvgIpc) is 3.25. The molecule has 1 aliphatic carbocycles. The van der Waals surface area contributed by atoms with E-state index in [1.54, 1.807) is 22.8 Å². The number of halogens is 2. The Labute approximate surface area is 189 Å². The third-order valence-electron chi connectivity index (χ3n) is 5.40. The van der Waals surface area contributed by atoms with Crippen LogP contribution in [0.25, 0.3) is 0 Å². The zero-order valence-electron chi connectivity index (χ0n) is 16.5. The van der Waals surface area contributed by atoms with Crippen LogP contribution in [0.1, 0.15) is 36.9 Å². The molecule has 1 fully saturated rings. The zero-order chi connectivity index (χ0) is 21.1. The fourth-order valence-electron chi connectivity index (χ4n) is 3.95. The highest BCUT2D eigenvalue weighted by Gasteiger charge is 2.24. The first-order valence-electron chi connectivity index (χ1n) is 10.1. The van der Waals surface area contributed by atoms with Gasteiger partial charge in [0.25, 0.3) is 0 Å². The summed E-state index contributed by atoms with van der Waals surface area (Å²) in [4.78, 5) is 29.5. The molecule has 1 saturated heterocycles. The lowest BCUT2D eigenvalue weighted by molar-refractivity contribution is -0.113. The van der Waals surface area contributed by atoms with E-state index in [1.165, 1.54) is 11.8 Å². The number of fused-ring (bicyclic) bond motifs is 1. The van der Waals surface area contributed by atoms with Crippen LogP contribution in [-0.2, 0) is 28.9 Å². The van der Waals surface area contributed by atoms with E-state index in [-0.39, 0.29) is 23.5 Å². The van der Waals surface area contributed by atoms with Gasteiger partial charge >= 0.3 is 5.69 Å². The van der Waals surface area contributed by atoms with Crippen LogP contribution in [0.5, 0.6) is 0 Å². The van der Waals surface area contributed by atoms with Crippen LogP contribution >= 0.6 is 35.0 Å². The van der Waals surface area contributed by atoms with Crippen molar-refractivity contribution in [2.45, 2.75) is 56.2 Å². The van der Waals surface area contributed by atoms with Crippen LogP contribution in [0.4, 0.5) is 5.69 Å². The Morgan fingerprint density at radius 2 is 2.07 bits per heavy atom. The predicted octanol–water partition coefficient (Wildman–Crippen LogP) is 4.34. The fraction of sp³-hybridized carbons (Fsp3) is 0.476. The van der Waals surface area contributed by atoms with Gasteiger partial charge in [-0.15, -0.1) is 0 Å². The second-order valence-electron chi connectivity index (χ2n) is 7.54. The van der Waals surface area contributed by atoms with Crippen molar-refractivity contribution in [1.29, 1.82) is 0 Å². The first-order chi connectivity index (χ1) is 14.5. The smallest absolute Gasteiger partial charge is 0.348 e. The van der Waals surface area contributed by atoms with Gasteiger partial charge in [0.15, 0.2) is 0 Å². The Morgan fingerprint density at radius 1 is 1.23 bits per heavy atom. The van der Waals surface area contributed by atoms with Crippen LogP contribution in [0.2, 0.25) is 10.0 Å². The summed E-state index contributed by atoms with van der Waals surface area (Å²) in [5, 5.41) is 4.29. The molecule has 4 rings (SSSR count). The van der Waals surface area contributed by atoms with Crippen molar-refractivity contribution in [3.05, 3.63) is 50.0 Å². The summed E-state index contributed by atoms with van der Waals surface area (Å²) < 4.78 is 7.52. The molecule has 2 aliphatic rings. The zero-order valence-corrected chi connectivity index (χ0v) is 18.8. The number of anilines is 1. The van der Waals surface area contributed by atoms with Gasteiger partial charge in [0.2, 0.25) is 5.91 Å². The van der Waals surface area contributed by atoms with Crippen molar-refractivity contribution in [3.63, 3.8) is 0 Å². The minimum atomic E-state index is -0.251. The number of rotatable bonds is 6. The molecule has 160 valence electrons. The number of carbonyl (C=O) groups is 1. The highest BCUT2D eigenvalue weighted by atomic mass is 35.5. The number of amides is 1. The molecule has 1 atom stereocenters. The molecule has 1 aromatic heterocycles. The number of nitrogens with one attached hydrogen (secondary N) is 1. The molecule has 0 bridgehead atoms. The second kappa shape index (κ2) is 9.73. The van der Waals surface area contributed by atoms with Gasteiger partial charge in [-0.05, 0) is 56.7 Å². The van der Waals surface area contributed by atoms with Crippen molar-refractivity contribution >= 4 is 46.6 Å². The fourth-order valence-corrected chi connectivity index (χ4v) is 5.13. The summed E-state index contributed by atoms with van der Waals surface area (Å²) in [5.41, 5.74) is 2.49. The maximum atomic E-state index is 12.8. The first-order valence-corrected chi connectivity index (χ1v) is 11.9. The Morgan fingerprint density at radius 3 is 2.83 bits per heavy atom. The molecular weight excluding hydrogens is 445 g/mol. The molecule has 30 heavy (non-hydrogen) atoms. The number of nitrogens with zero attached hydrogens (tertiary/aromatic N) is 2. The maximum absolute atomic E-state index is 12.8. The monoisotopic (exact) mass is 467 g/mol. The van der Waals surface area contributed by atoms with E-state index in [2.05, 4.69) is 10.3 Å². The normalized spacial score (nSPS) is 18.3. The lowest BCUT2D eigenvalue weighted by atomic mass is 9.97. The lowest BCUT2D eigenvalue weighted by Gasteiger charge is -2.24. The minimum Gasteiger partial charge on any atom is -0.376 e. The third-order valence-corrected chi connectivity index (χ3v) is 7.16. The summed E-state index contributed by atoms with van der Waals surface area (Å²) in [5.74, 6) is -0.0252. The van der Waals surface area contributed by atoms with E-state index < -0.39 is 0 Å². The first kappa shape index (κ1) is 21.7. The van der Waals surface area contributed by atoms with Crippen molar-refractivity contribution in [1.82, 2.24) is 9.55 Å². The number of hydrogen-bond acceptors (Lipinski definition) is 5. The molecule has 1 unspecified atom stereocenters. The quantitative estimate of drug-likeness (QED) is 0.505. The van der Waals surface area contributed by atoms with Gasteiger partial charge < -0.3 is 10.1 Å². The maximum Gasteiger partial charge on any atom is 0.348 e. The molecule has 1 aliphatic heterocycles. The van der Waals surface area contributed by atoms with E-state index in [1.807, 2.05) is 0 Å². The number of thioether (sulfide) groups is 1. The molecule has 1 amide bonds. The van der Waals surface area contributed by atoms with Gasteiger partial charge in [0, 0.05) is 23.6 Å². The Hall–Kier alpha value is -1.54. The van der Waals surface area contributed by atoms with E-state index in [9.17, 15) is 9.59 Å². The number of hydrogen-bond donors (Lipinski definition) is 1. The van der Waals surface area contributed by atoms with Gasteiger partial charge in [0.1, 0.15) is 5.03 Å². The molecule has 0 saturated carbocycles. The molecule has 0 radical (unpaired) electrons. The lowest BCUT2D eigenvalue weighted by Crippen LogP contribution is -2.34. The van der Waals surface area contributed by atoms with Gasteiger partial charge in [-0.3, -0.25) is 9.36 Å². The predicted molar refractivity (Wildman–Crippen MR) is 120 cm³/mol. The number of aromatic nitrogens is 2. The van der Waals surface area contributed by atoms with Crippen LogP contribution in [0.3, 0.4) is 0 Å². The van der Waals surface area contributed by atoms with Crippen molar-refractivity contribution in [2.75, 3.05) is 17.7 Å². The largest absolute Gasteiger partial charge is 0.376 e. The Balaban J connectivity index is 1.48. The van der Waals surface area contributed by atoms with E-state index in [4.69, 9.17) is 27.9 Å². The van der Waals surface area contributed by atoms with Crippen molar-refractivity contribution < 1.29 is 9.53 Å². The van der Waals surface area contributed by atoms with E-state index in [0.29, 0.717) is 27.3 Å². The molecule has 6 nitrogen and oxygen atoms in total. The number of ether oxygens (including phenoxy) is 1. The van der Waals surface area contributed by atoms with E-state index in [0.717, 1.165) is 56.4 Å². The molecule has 1 N–H and O–H groups in total.